The number of hydrogen-bond acceptors (Lipinski definition) is 3. The van der Waals surface area contributed by atoms with E-state index in [2.05, 4.69) is 5.32 Å². The Morgan fingerprint density at radius 3 is 2.83 bits per heavy atom. The molecule has 0 fully saturated rings. The summed E-state index contributed by atoms with van der Waals surface area (Å²) in [7, 11) is -0.899. The topological polar surface area (TPSA) is 72.2 Å². The van der Waals surface area contributed by atoms with Crippen LogP contribution in [0.5, 0.6) is 0 Å². The zero-order chi connectivity index (χ0) is 13.7. The smallest absolute Gasteiger partial charge is 0.254 e. The Balaban J connectivity index is 2.64. The first-order chi connectivity index (χ1) is 8.40. The first-order valence-electron chi connectivity index (χ1n) is 5.56. The minimum atomic E-state index is -0.899. The largest absolute Gasteiger partial charge is 0.399 e. The molecule has 0 saturated heterocycles. The van der Waals surface area contributed by atoms with E-state index < -0.39 is 22.5 Å². The van der Waals surface area contributed by atoms with Crippen LogP contribution in [0.3, 0.4) is 0 Å². The van der Waals surface area contributed by atoms with Crippen LogP contribution < -0.4 is 11.1 Å². The zero-order valence-corrected chi connectivity index (χ0v) is 11.2. The molecule has 1 amide bonds. The standard InChI is InChI=1S/C12H17FN2O2S/c1-8(5-6-18(2)17)15-12(16)10-7-9(14)3-4-11(10)13/h3-4,7-8H,5-6,14H2,1-2H3,(H,15,16). The van der Waals surface area contributed by atoms with Crippen LogP contribution in [0.1, 0.15) is 23.7 Å². The number of rotatable bonds is 5. The highest BCUT2D eigenvalue weighted by Crippen LogP contribution is 2.12. The van der Waals surface area contributed by atoms with Crippen LogP contribution >= 0.6 is 0 Å². The van der Waals surface area contributed by atoms with Crippen LogP contribution in [0.2, 0.25) is 0 Å². The molecular weight excluding hydrogens is 255 g/mol. The molecule has 0 aliphatic rings. The van der Waals surface area contributed by atoms with Gasteiger partial charge >= 0.3 is 0 Å². The highest BCUT2D eigenvalue weighted by atomic mass is 32.2. The Labute approximate surface area is 108 Å². The van der Waals surface area contributed by atoms with E-state index in [9.17, 15) is 13.4 Å². The molecule has 0 heterocycles. The summed E-state index contributed by atoms with van der Waals surface area (Å²) in [6, 6.07) is 3.70. The van der Waals surface area contributed by atoms with E-state index in [0.717, 1.165) is 6.07 Å². The lowest BCUT2D eigenvalue weighted by atomic mass is 10.1. The van der Waals surface area contributed by atoms with Crippen molar-refractivity contribution >= 4 is 22.4 Å². The third-order valence-corrected chi connectivity index (χ3v) is 3.26. The van der Waals surface area contributed by atoms with Crippen LogP contribution in [0.15, 0.2) is 18.2 Å². The van der Waals surface area contributed by atoms with Gasteiger partial charge in [-0.1, -0.05) is 0 Å². The van der Waals surface area contributed by atoms with Gasteiger partial charge < -0.3 is 11.1 Å². The number of nitrogens with two attached hydrogens (primary N) is 1. The van der Waals surface area contributed by atoms with Crippen LogP contribution in [-0.2, 0) is 10.8 Å². The minimum Gasteiger partial charge on any atom is -0.399 e. The van der Waals surface area contributed by atoms with Crippen molar-refractivity contribution in [2.24, 2.45) is 0 Å². The van der Waals surface area contributed by atoms with Gasteiger partial charge in [0.05, 0.1) is 5.56 Å². The van der Waals surface area contributed by atoms with E-state index in [1.54, 1.807) is 13.2 Å². The van der Waals surface area contributed by atoms with Gasteiger partial charge in [0.25, 0.3) is 5.91 Å². The van der Waals surface area contributed by atoms with Crippen LogP contribution in [0, 0.1) is 5.82 Å². The number of benzene rings is 1. The van der Waals surface area contributed by atoms with Crippen molar-refractivity contribution in [2.45, 2.75) is 19.4 Å². The van der Waals surface area contributed by atoms with E-state index in [1.807, 2.05) is 0 Å². The molecule has 0 aromatic heterocycles. The number of hydrogen-bond donors (Lipinski definition) is 2. The number of anilines is 1. The molecule has 6 heteroatoms. The molecule has 3 N–H and O–H groups in total. The summed E-state index contributed by atoms with van der Waals surface area (Å²) in [5, 5.41) is 2.65. The number of nitrogen functional groups attached to an aromatic ring is 1. The Morgan fingerprint density at radius 2 is 2.22 bits per heavy atom. The van der Waals surface area contributed by atoms with E-state index >= 15 is 0 Å². The zero-order valence-electron chi connectivity index (χ0n) is 10.4. The molecule has 0 aliphatic carbocycles. The number of halogens is 1. The first kappa shape index (κ1) is 14.6. The van der Waals surface area contributed by atoms with Gasteiger partial charge in [0.2, 0.25) is 0 Å². The molecule has 4 nitrogen and oxygen atoms in total. The second-order valence-corrected chi connectivity index (χ2v) is 5.73. The molecule has 0 radical (unpaired) electrons. The van der Waals surface area contributed by atoms with E-state index in [4.69, 9.17) is 5.73 Å². The van der Waals surface area contributed by atoms with Crippen molar-refractivity contribution in [2.75, 3.05) is 17.7 Å². The van der Waals surface area contributed by atoms with E-state index in [-0.39, 0.29) is 11.6 Å². The number of carbonyl (C=O) groups is 1. The molecule has 18 heavy (non-hydrogen) atoms. The lowest BCUT2D eigenvalue weighted by molar-refractivity contribution is 0.0935. The summed E-state index contributed by atoms with van der Waals surface area (Å²) in [5.74, 6) is -0.608. The van der Waals surface area contributed by atoms with Gasteiger partial charge in [-0.3, -0.25) is 9.00 Å². The fourth-order valence-electron chi connectivity index (χ4n) is 1.43. The van der Waals surface area contributed by atoms with Crippen LogP contribution in [-0.4, -0.2) is 28.2 Å². The molecule has 1 aromatic carbocycles. The highest BCUT2D eigenvalue weighted by molar-refractivity contribution is 7.84. The highest BCUT2D eigenvalue weighted by Gasteiger charge is 2.14. The number of carbonyl (C=O) groups excluding carboxylic acids is 1. The number of amides is 1. The number of nitrogens with one attached hydrogen (secondary N) is 1. The molecule has 2 unspecified atom stereocenters. The summed E-state index contributed by atoms with van der Waals surface area (Å²) in [4.78, 5) is 11.8. The second kappa shape index (κ2) is 6.49. The molecule has 0 spiro atoms. The van der Waals surface area contributed by atoms with Crippen molar-refractivity contribution in [1.82, 2.24) is 5.32 Å². The first-order valence-corrected chi connectivity index (χ1v) is 7.28. The second-order valence-electron chi connectivity index (χ2n) is 4.18. The van der Waals surface area contributed by atoms with Crippen LogP contribution in [0.25, 0.3) is 0 Å². The average Bonchev–Trinajstić information content (AvgIpc) is 2.29. The Bertz CT molecular complexity index is 465. The molecule has 100 valence electrons. The minimum absolute atomic E-state index is 0.0699. The van der Waals surface area contributed by atoms with E-state index in [0.29, 0.717) is 17.9 Å². The molecular formula is C12H17FN2O2S. The lowest BCUT2D eigenvalue weighted by Gasteiger charge is -2.13. The summed E-state index contributed by atoms with van der Waals surface area (Å²) >= 11 is 0. The molecule has 2 atom stereocenters. The molecule has 0 bridgehead atoms. The van der Waals surface area contributed by atoms with Gasteiger partial charge in [-0.2, -0.15) is 0 Å². The summed E-state index contributed by atoms with van der Waals surface area (Å²) in [6.07, 6.45) is 2.19. The van der Waals surface area contributed by atoms with Crippen molar-refractivity contribution < 1.29 is 13.4 Å². The third kappa shape index (κ3) is 4.44. The van der Waals surface area contributed by atoms with Crippen molar-refractivity contribution in [1.29, 1.82) is 0 Å². The third-order valence-electron chi connectivity index (χ3n) is 2.45. The maximum absolute atomic E-state index is 13.4. The van der Waals surface area contributed by atoms with Crippen LogP contribution in [0.4, 0.5) is 10.1 Å². The monoisotopic (exact) mass is 272 g/mol. The quantitative estimate of drug-likeness (QED) is 0.793. The predicted octanol–water partition coefficient (Wildman–Crippen LogP) is 1.29. The molecule has 0 saturated carbocycles. The SMILES string of the molecule is CC(CCS(C)=O)NC(=O)c1cc(N)ccc1F. The summed E-state index contributed by atoms with van der Waals surface area (Å²) in [5.41, 5.74) is 5.77. The maximum Gasteiger partial charge on any atom is 0.254 e. The van der Waals surface area contributed by atoms with Gasteiger partial charge in [-0.25, -0.2) is 4.39 Å². The van der Waals surface area contributed by atoms with Gasteiger partial charge in [0, 0.05) is 34.5 Å². The molecule has 1 aromatic rings. The maximum atomic E-state index is 13.4. The Kier molecular flexibility index (Phi) is 5.27. The van der Waals surface area contributed by atoms with Crippen molar-refractivity contribution in [3.05, 3.63) is 29.6 Å². The average molecular weight is 272 g/mol. The van der Waals surface area contributed by atoms with E-state index in [1.165, 1.54) is 12.1 Å². The predicted molar refractivity (Wildman–Crippen MR) is 71.3 cm³/mol. The van der Waals surface area contributed by atoms with Gasteiger partial charge in [-0.05, 0) is 31.5 Å². The fourth-order valence-corrected chi connectivity index (χ4v) is 2.12. The van der Waals surface area contributed by atoms with Gasteiger partial charge in [0.15, 0.2) is 0 Å². The van der Waals surface area contributed by atoms with Crippen molar-refractivity contribution in [3.63, 3.8) is 0 Å². The fraction of sp³-hybridized carbons (Fsp3) is 0.417. The van der Waals surface area contributed by atoms with Crippen molar-refractivity contribution in [3.8, 4) is 0 Å². The van der Waals surface area contributed by atoms with Gasteiger partial charge in [-0.15, -0.1) is 0 Å². The molecule has 1 rings (SSSR count). The Hall–Kier alpha value is -1.43. The van der Waals surface area contributed by atoms with Gasteiger partial charge in [0.1, 0.15) is 5.82 Å². The summed E-state index contributed by atoms with van der Waals surface area (Å²) < 4.78 is 24.3. The summed E-state index contributed by atoms with van der Waals surface area (Å²) in [6.45, 7) is 1.79. The Morgan fingerprint density at radius 1 is 1.56 bits per heavy atom. The lowest BCUT2D eigenvalue weighted by Crippen LogP contribution is -2.34. The normalized spacial score (nSPS) is 13.9. The molecule has 0 aliphatic heterocycles.